The lowest BCUT2D eigenvalue weighted by atomic mass is 9.94. The molecule has 1 aromatic rings. The number of hydrogen-bond acceptors (Lipinski definition) is 3. The molecule has 4 nitrogen and oxygen atoms in total. The number of aromatic nitrogens is 3. The molecule has 2 unspecified atom stereocenters. The molecule has 1 aromatic heterocycles. The summed E-state index contributed by atoms with van der Waals surface area (Å²) in [5, 5.41) is 8.39. The highest BCUT2D eigenvalue weighted by atomic mass is 15.3. The summed E-state index contributed by atoms with van der Waals surface area (Å²) in [6.07, 6.45) is 7.98. The zero-order valence-electron chi connectivity index (χ0n) is 11.0. The molecule has 0 aliphatic heterocycles. The van der Waals surface area contributed by atoms with Crippen molar-refractivity contribution in [2.45, 2.75) is 64.5 Å². The van der Waals surface area contributed by atoms with Gasteiger partial charge < -0.3 is 10.3 Å². The van der Waals surface area contributed by atoms with Gasteiger partial charge in [0, 0.05) is 18.5 Å². The van der Waals surface area contributed by atoms with Crippen molar-refractivity contribution in [3.63, 3.8) is 0 Å². The van der Waals surface area contributed by atoms with Crippen molar-refractivity contribution in [1.29, 1.82) is 0 Å². The summed E-state index contributed by atoms with van der Waals surface area (Å²) in [7, 11) is 0. The molecule has 0 aromatic carbocycles. The Morgan fingerprint density at radius 1 is 1.35 bits per heavy atom. The van der Waals surface area contributed by atoms with Gasteiger partial charge in [-0.2, -0.15) is 0 Å². The van der Waals surface area contributed by atoms with Crippen molar-refractivity contribution in [1.82, 2.24) is 14.8 Å². The molecule has 96 valence electrons. The maximum absolute atomic E-state index is 6.29. The number of nitrogens with two attached hydrogens (primary N) is 1. The summed E-state index contributed by atoms with van der Waals surface area (Å²) in [6, 6.07) is 0.257. The second kappa shape index (κ2) is 5.63. The van der Waals surface area contributed by atoms with Crippen LogP contribution < -0.4 is 5.73 Å². The predicted octanol–water partition coefficient (Wildman–Crippen LogP) is 2.31. The molecule has 0 radical (unpaired) electrons. The predicted molar refractivity (Wildman–Crippen MR) is 68.7 cm³/mol. The van der Waals surface area contributed by atoms with E-state index in [1.54, 1.807) is 0 Å². The first-order valence-corrected chi connectivity index (χ1v) is 6.81. The fourth-order valence-corrected chi connectivity index (χ4v) is 2.74. The average molecular weight is 236 g/mol. The van der Waals surface area contributed by atoms with E-state index in [0.717, 1.165) is 25.2 Å². The van der Waals surface area contributed by atoms with Crippen molar-refractivity contribution in [2.24, 2.45) is 11.7 Å². The Balaban J connectivity index is 2.16. The minimum atomic E-state index is 0.257. The van der Waals surface area contributed by atoms with Crippen molar-refractivity contribution in [3.05, 3.63) is 12.2 Å². The molecule has 1 aliphatic carbocycles. The minimum Gasteiger partial charge on any atom is -0.327 e. The molecule has 0 amide bonds. The van der Waals surface area contributed by atoms with Crippen LogP contribution in [-0.2, 0) is 6.54 Å². The van der Waals surface area contributed by atoms with Gasteiger partial charge in [0.15, 0.2) is 0 Å². The zero-order chi connectivity index (χ0) is 12.3. The number of rotatable bonds is 3. The van der Waals surface area contributed by atoms with E-state index in [0.29, 0.717) is 11.8 Å². The van der Waals surface area contributed by atoms with E-state index in [9.17, 15) is 0 Å². The van der Waals surface area contributed by atoms with Crippen LogP contribution >= 0.6 is 0 Å². The van der Waals surface area contributed by atoms with Gasteiger partial charge in [0.2, 0.25) is 0 Å². The van der Waals surface area contributed by atoms with Gasteiger partial charge in [-0.05, 0) is 18.8 Å². The summed E-state index contributed by atoms with van der Waals surface area (Å²) in [6.45, 7) is 5.43. The highest BCUT2D eigenvalue weighted by Crippen LogP contribution is 2.29. The fourth-order valence-electron chi connectivity index (χ4n) is 2.74. The van der Waals surface area contributed by atoms with Gasteiger partial charge in [0.25, 0.3) is 0 Å². The third kappa shape index (κ3) is 3.06. The summed E-state index contributed by atoms with van der Waals surface area (Å²) in [5.74, 6) is 2.12. The fraction of sp³-hybridized carbons (Fsp3) is 0.846. The molecular weight excluding hydrogens is 212 g/mol. The normalized spacial score (nSPS) is 26.1. The third-order valence-corrected chi connectivity index (χ3v) is 3.61. The summed E-state index contributed by atoms with van der Waals surface area (Å²) < 4.78 is 2.19. The first-order valence-electron chi connectivity index (χ1n) is 6.81. The largest absolute Gasteiger partial charge is 0.327 e. The Kier molecular flexibility index (Phi) is 4.15. The van der Waals surface area contributed by atoms with E-state index in [4.69, 9.17) is 5.73 Å². The van der Waals surface area contributed by atoms with Gasteiger partial charge in [0.1, 0.15) is 12.2 Å². The van der Waals surface area contributed by atoms with Crippen LogP contribution in [0.3, 0.4) is 0 Å². The molecule has 17 heavy (non-hydrogen) atoms. The van der Waals surface area contributed by atoms with Crippen molar-refractivity contribution >= 4 is 0 Å². The SMILES string of the molecule is CC(C)Cn1cnnc1C1CCCCCC1N. The van der Waals surface area contributed by atoms with Crippen LogP contribution in [0.4, 0.5) is 0 Å². The molecule has 0 spiro atoms. The molecule has 1 heterocycles. The topological polar surface area (TPSA) is 56.7 Å². The van der Waals surface area contributed by atoms with Gasteiger partial charge in [0.05, 0.1) is 0 Å². The molecule has 1 aliphatic rings. The molecule has 4 heteroatoms. The Labute approximate surface area is 104 Å². The first kappa shape index (κ1) is 12.6. The van der Waals surface area contributed by atoms with E-state index in [1.807, 2.05) is 6.33 Å². The van der Waals surface area contributed by atoms with Crippen LogP contribution in [0.1, 0.15) is 57.7 Å². The van der Waals surface area contributed by atoms with Crippen molar-refractivity contribution < 1.29 is 0 Å². The van der Waals surface area contributed by atoms with E-state index < -0.39 is 0 Å². The maximum atomic E-state index is 6.29. The molecule has 0 bridgehead atoms. The quantitative estimate of drug-likeness (QED) is 0.819. The summed E-state index contributed by atoms with van der Waals surface area (Å²) in [4.78, 5) is 0. The van der Waals surface area contributed by atoms with Gasteiger partial charge in [-0.25, -0.2) is 0 Å². The monoisotopic (exact) mass is 236 g/mol. The molecule has 0 saturated heterocycles. The van der Waals surface area contributed by atoms with Crippen LogP contribution in [-0.4, -0.2) is 20.8 Å². The van der Waals surface area contributed by atoms with Gasteiger partial charge in [-0.1, -0.05) is 33.1 Å². The van der Waals surface area contributed by atoms with Crippen molar-refractivity contribution in [3.8, 4) is 0 Å². The highest BCUT2D eigenvalue weighted by Gasteiger charge is 2.26. The van der Waals surface area contributed by atoms with Gasteiger partial charge >= 0.3 is 0 Å². The molecule has 2 N–H and O–H groups in total. The standard InChI is InChI=1S/C13H24N4/c1-10(2)8-17-9-15-16-13(17)11-6-4-3-5-7-12(11)14/h9-12H,3-8,14H2,1-2H3. The molecule has 2 atom stereocenters. The lowest BCUT2D eigenvalue weighted by molar-refractivity contribution is 0.436. The second-order valence-electron chi connectivity index (χ2n) is 5.64. The lowest BCUT2D eigenvalue weighted by Gasteiger charge is -2.21. The first-order chi connectivity index (χ1) is 8.18. The maximum Gasteiger partial charge on any atom is 0.137 e. The Hall–Kier alpha value is -0.900. The Morgan fingerprint density at radius 3 is 2.88 bits per heavy atom. The van der Waals surface area contributed by atoms with Crippen LogP contribution in [0, 0.1) is 5.92 Å². The van der Waals surface area contributed by atoms with Crippen LogP contribution in [0.5, 0.6) is 0 Å². The van der Waals surface area contributed by atoms with E-state index in [-0.39, 0.29) is 6.04 Å². The summed E-state index contributed by atoms with van der Waals surface area (Å²) in [5.41, 5.74) is 6.29. The third-order valence-electron chi connectivity index (χ3n) is 3.61. The zero-order valence-corrected chi connectivity index (χ0v) is 11.0. The van der Waals surface area contributed by atoms with Crippen LogP contribution in [0.25, 0.3) is 0 Å². The van der Waals surface area contributed by atoms with Crippen molar-refractivity contribution in [2.75, 3.05) is 0 Å². The van der Waals surface area contributed by atoms with E-state index in [2.05, 4.69) is 28.6 Å². The minimum absolute atomic E-state index is 0.257. The lowest BCUT2D eigenvalue weighted by Crippen LogP contribution is -2.29. The second-order valence-corrected chi connectivity index (χ2v) is 5.64. The average Bonchev–Trinajstić information content (AvgIpc) is 2.59. The van der Waals surface area contributed by atoms with Crippen LogP contribution in [0.15, 0.2) is 6.33 Å². The molecular formula is C13H24N4. The molecule has 1 fully saturated rings. The smallest absolute Gasteiger partial charge is 0.137 e. The number of nitrogens with zero attached hydrogens (tertiary/aromatic N) is 3. The van der Waals surface area contributed by atoms with Crippen LogP contribution in [0.2, 0.25) is 0 Å². The van der Waals surface area contributed by atoms with E-state index >= 15 is 0 Å². The van der Waals surface area contributed by atoms with E-state index in [1.165, 1.54) is 19.3 Å². The van der Waals surface area contributed by atoms with Gasteiger partial charge in [-0.3, -0.25) is 0 Å². The Bertz CT molecular complexity index is 345. The highest BCUT2D eigenvalue weighted by molar-refractivity contribution is 5.02. The summed E-state index contributed by atoms with van der Waals surface area (Å²) >= 11 is 0. The van der Waals surface area contributed by atoms with Gasteiger partial charge in [-0.15, -0.1) is 10.2 Å². The number of hydrogen-bond donors (Lipinski definition) is 1. The molecule has 1 saturated carbocycles. The molecule has 2 rings (SSSR count). The Morgan fingerprint density at radius 2 is 2.12 bits per heavy atom.